The number of aliphatic carboxylic acids is 1. The standard InChI is InChI=1S/C16H22N2O3/c1-11(2)6-5-9-17-16(21)18-10-13(15(19)20)12-7-3-4-8-14(12)18/h3-4,7-8,11,13H,5-6,9-10H2,1-2H3,(H,17,21)(H,19,20). The summed E-state index contributed by atoms with van der Waals surface area (Å²) in [4.78, 5) is 25.1. The van der Waals surface area contributed by atoms with Crippen LogP contribution in [0.3, 0.4) is 0 Å². The lowest BCUT2D eigenvalue weighted by Gasteiger charge is -2.18. The van der Waals surface area contributed by atoms with Crippen molar-refractivity contribution in [2.75, 3.05) is 18.0 Å². The van der Waals surface area contributed by atoms with Crippen LogP contribution in [-0.4, -0.2) is 30.2 Å². The average molecular weight is 290 g/mol. The molecule has 2 amide bonds. The number of nitrogens with one attached hydrogen (secondary N) is 1. The van der Waals surface area contributed by atoms with Crippen LogP contribution in [0.2, 0.25) is 0 Å². The molecule has 1 aliphatic heterocycles. The lowest BCUT2D eigenvalue weighted by Crippen LogP contribution is -2.40. The van der Waals surface area contributed by atoms with Gasteiger partial charge in [0.25, 0.3) is 0 Å². The molecule has 0 spiro atoms. The number of hydrogen-bond acceptors (Lipinski definition) is 2. The minimum absolute atomic E-state index is 0.199. The third-order valence-corrected chi connectivity index (χ3v) is 3.75. The van der Waals surface area contributed by atoms with Crippen LogP contribution in [0, 0.1) is 5.92 Å². The molecule has 0 fully saturated rings. The van der Waals surface area contributed by atoms with Gasteiger partial charge in [0.05, 0.1) is 0 Å². The van der Waals surface area contributed by atoms with Crippen LogP contribution in [0.5, 0.6) is 0 Å². The number of para-hydroxylation sites is 1. The van der Waals surface area contributed by atoms with E-state index in [1.54, 1.807) is 18.2 Å². The number of carboxylic acid groups (broad SMARTS) is 1. The van der Waals surface area contributed by atoms with E-state index < -0.39 is 11.9 Å². The van der Waals surface area contributed by atoms with Gasteiger partial charge in [0.2, 0.25) is 0 Å². The molecular formula is C16H22N2O3. The fraction of sp³-hybridized carbons (Fsp3) is 0.500. The Hall–Kier alpha value is -2.04. The average Bonchev–Trinajstić information content (AvgIpc) is 2.83. The maximum absolute atomic E-state index is 12.2. The van der Waals surface area contributed by atoms with Gasteiger partial charge >= 0.3 is 12.0 Å². The van der Waals surface area contributed by atoms with Crippen molar-refractivity contribution in [3.8, 4) is 0 Å². The van der Waals surface area contributed by atoms with E-state index in [9.17, 15) is 14.7 Å². The third-order valence-electron chi connectivity index (χ3n) is 3.75. The minimum atomic E-state index is -0.891. The van der Waals surface area contributed by atoms with Gasteiger partial charge in [0.15, 0.2) is 0 Å². The summed E-state index contributed by atoms with van der Waals surface area (Å²) < 4.78 is 0. The Morgan fingerprint density at radius 1 is 1.38 bits per heavy atom. The van der Waals surface area contributed by atoms with Crippen LogP contribution >= 0.6 is 0 Å². The molecular weight excluding hydrogens is 268 g/mol. The number of carbonyl (C=O) groups is 2. The molecule has 1 atom stereocenters. The SMILES string of the molecule is CC(C)CCCNC(=O)N1CC(C(=O)O)c2ccccc21. The highest BCUT2D eigenvalue weighted by molar-refractivity contribution is 5.97. The molecule has 0 aliphatic carbocycles. The zero-order valence-electron chi connectivity index (χ0n) is 12.5. The van der Waals surface area contributed by atoms with Gasteiger partial charge in [0, 0.05) is 18.8 Å². The van der Waals surface area contributed by atoms with Gasteiger partial charge < -0.3 is 10.4 Å². The maximum atomic E-state index is 12.2. The van der Waals surface area contributed by atoms with Crippen LogP contribution in [0.15, 0.2) is 24.3 Å². The van der Waals surface area contributed by atoms with E-state index in [0.29, 0.717) is 23.7 Å². The molecule has 0 radical (unpaired) electrons. The van der Waals surface area contributed by atoms with Crippen LogP contribution < -0.4 is 10.2 Å². The van der Waals surface area contributed by atoms with Gasteiger partial charge in [-0.25, -0.2) is 4.79 Å². The lowest BCUT2D eigenvalue weighted by molar-refractivity contribution is -0.138. The highest BCUT2D eigenvalue weighted by Gasteiger charge is 2.36. The molecule has 0 saturated carbocycles. The van der Waals surface area contributed by atoms with Crippen molar-refractivity contribution in [3.63, 3.8) is 0 Å². The number of rotatable bonds is 5. The molecule has 2 rings (SSSR count). The van der Waals surface area contributed by atoms with E-state index in [4.69, 9.17) is 0 Å². The predicted octanol–water partition coefficient (Wildman–Crippen LogP) is 2.82. The molecule has 2 N–H and O–H groups in total. The first-order chi connectivity index (χ1) is 10.0. The van der Waals surface area contributed by atoms with Crippen molar-refractivity contribution in [1.82, 2.24) is 5.32 Å². The number of fused-ring (bicyclic) bond motifs is 1. The van der Waals surface area contributed by atoms with Crippen molar-refractivity contribution in [2.45, 2.75) is 32.6 Å². The number of carbonyl (C=O) groups excluding carboxylic acids is 1. The number of benzene rings is 1. The van der Waals surface area contributed by atoms with Crippen molar-refractivity contribution in [3.05, 3.63) is 29.8 Å². The summed E-state index contributed by atoms with van der Waals surface area (Å²) in [5, 5.41) is 12.2. The first-order valence-electron chi connectivity index (χ1n) is 7.37. The Morgan fingerprint density at radius 3 is 2.76 bits per heavy atom. The van der Waals surface area contributed by atoms with Gasteiger partial charge in [0.1, 0.15) is 5.92 Å². The molecule has 21 heavy (non-hydrogen) atoms. The number of anilines is 1. The third kappa shape index (κ3) is 3.54. The molecule has 1 aliphatic rings. The number of urea groups is 1. The highest BCUT2D eigenvalue weighted by atomic mass is 16.4. The zero-order valence-corrected chi connectivity index (χ0v) is 12.5. The predicted molar refractivity (Wildman–Crippen MR) is 81.6 cm³/mol. The first-order valence-corrected chi connectivity index (χ1v) is 7.37. The zero-order chi connectivity index (χ0) is 15.4. The van der Waals surface area contributed by atoms with E-state index in [2.05, 4.69) is 19.2 Å². The van der Waals surface area contributed by atoms with E-state index >= 15 is 0 Å². The number of amides is 2. The first kappa shape index (κ1) is 15.4. The normalized spacial score (nSPS) is 16.9. The van der Waals surface area contributed by atoms with Crippen LogP contribution in [-0.2, 0) is 4.79 Å². The Morgan fingerprint density at radius 2 is 2.10 bits per heavy atom. The lowest BCUT2D eigenvalue weighted by atomic mass is 10.0. The Labute approximate surface area is 125 Å². The smallest absolute Gasteiger partial charge is 0.321 e. The second-order valence-electron chi connectivity index (χ2n) is 5.83. The Kier molecular flexibility index (Phi) is 4.83. The van der Waals surface area contributed by atoms with Gasteiger partial charge in [-0.3, -0.25) is 9.69 Å². The van der Waals surface area contributed by atoms with Crippen LogP contribution in [0.25, 0.3) is 0 Å². The largest absolute Gasteiger partial charge is 0.481 e. The van der Waals surface area contributed by atoms with Crippen molar-refractivity contribution in [2.24, 2.45) is 5.92 Å². The van der Waals surface area contributed by atoms with Gasteiger partial charge in [-0.2, -0.15) is 0 Å². The fourth-order valence-corrected chi connectivity index (χ4v) is 2.61. The second-order valence-corrected chi connectivity index (χ2v) is 5.83. The van der Waals surface area contributed by atoms with Gasteiger partial charge in [-0.1, -0.05) is 32.0 Å². The number of carboxylic acids is 1. The number of hydrogen-bond donors (Lipinski definition) is 2. The second kappa shape index (κ2) is 6.61. The highest BCUT2D eigenvalue weighted by Crippen LogP contribution is 2.36. The monoisotopic (exact) mass is 290 g/mol. The Bertz CT molecular complexity index is 528. The van der Waals surface area contributed by atoms with Crippen LogP contribution in [0.1, 0.15) is 38.2 Å². The molecule has 0 saturated heterocycles. The Balaban J connectivity index is 2.01. The van der Waals surface area contributed by atoms with Crippen LogP contribution in [0.4, 0.5) is 10.5 Å². The molecule has 114 valence electrons. The molecule has 1 aromatic rings. The summed E-state index contributed by atoms with van der Waals surface area (Å²) in [6.07, 6.45) is 2.00. The summed E-state index contributed by atoms with van der Waals surface area (Å²) in [5.41, 5.74) is 1.41. The molecule has 0 bridgehead atoms. The quantitative estimate of drug-likeness (QED) is 0.819. The minimum Gasteiger partial charge on any atom is -0.481 e. The van der Waals surface area contributed by atoms with Crippen molar-refractivity contribution in [1.29, 1.82) is 0 Å². The van der Waals surface area contributed by atoms with E-state index in [1.165, 1.54) is 4.90 Å². The molecule has 5 nitrogen and oxygen atoms in total. The fourth-order valence-electron chi connectivity index (χ4n) is 2.61. The summed E-state index contributed by atoms with van der Waals surface area (Å²) >= 11 is 0. The summed E-state index contributed by atoms with van der Waals surface area (Å²) in [6, 6.07) is 6.99. The molecule has 1 aromatic carbocycles. The maximum Gasteiger partial charge on any atom is 0.321 e. The van der Waals surface area contributed by atoms with E-state index in [-0.39, 0.29) is 12.6 Å². The van der Waals surface area contributed by atoms with E-state index in [1.807, 2.05) is 6.07 Å². The molecule has 1 unspecified atom stereocenters. The molecule has 1 heterocycles. The molecule has 5 heteroatoms. The topological polar surface area (TPSA) is 69.6 Å². The van der Waals surface area contributed by atoms with Gasteiger partial charge in [-0.15, -0.1) is 0 Å². The molecule has 0 aromatic heterocycles. The van der Waals surface area contributed by atoms with Crippen molar-refractivity contribution < 1.29 is 14.7 Å². The number of nitrogens with zero attached hydrogens (tertiary/aromatic N) is 1. The van der Waals surface area contributed by atoms with Gasteiger partial charge in [-0.05, 0) is 30.4 Å². The summed E-state index contributed by atoms with van der Waals surface area (Å²) in [5.74, 6) is -0.911. The van der Waals surface area contributed by atoms with E-state index in [0.717, 1.165) is 12.8 Å². The summed E-state index contributed by atoms with van der Waals surface area (Å²) in [7, 11) is 0. The summed E-state index contributed by atoms with van der Waals surface area (Å²) in [6.45, 7) is 5.12. The van der Waals surface area contributed by atoms with Crippen molar-refractivity contribution >= 4 is 17.7 Å².